The molecule has 0 aromatic carbocycles. The number of ketones is 1. The number of Topliss-reactive ketones (excluding diaryl/α,β-unsaturated/α-hetero) is 1. The van der Waals surface area contributed by atoms with Crippen LogP contribution in [-0.2, 0) is 11.8 Å². The quantitative estimate of drug-likeness (QED) is 0.647. The van der Waals surface area contributed by atoms with Crippen LogP contribution in [0.1, 0.15) is 33.3 Å². The summed E-state index contributed by atoms with van der Waals surface area (Å²) in [5.41, 5.74) is -0.863. The first-order valence-electron chi connectivity index (χ1n) is 5.89. The Kier molecular flexibility index (Phi) is 4.91. The van der Waals surface area contributed by atoms with Gasteiger partial charge in [-0.15, -0.1) is 0 Å². The van der Waals surface area contributed by atoms with E-state index < -0.39 is 29.9 Å². The maximum absolute atomic E-state index is 12.4. The summed E-state index contributed by atoms with van der Waals surface area (Å²) in [4.78, 5) is 34.7. The average Bonchev–Trinajstić information content (AvgIpc) is 2.58. The molecule has 0 aliphatic carbocycles. The number of carbonyl (C=O) groups excluding carboxylic acids is 2. The Labute approximate surface area is 127 Å². The molecule has 1 aromatic rings. The second-order valence-electron chi connectivity index (χ2n) is 4.57. The lowest BCUT2D eigenvalue weighted by Crippen LogP contribution is -2.46. The van der Waals surface area contributed by atoms with Crippen LogP contribution in [0.3, 0.4) is 0 Å². The van der Waals surface area contributed by atoms with Crippen molar-refractivity contribution >= 4 is 29.3 Å². The summed E-state index contributed by atoms with van der Waals surface area (Å²) in [5.74, 6) is -4.21. The summed E-state index contributed by atoms with van der Waals surface area (Å²) in [5, 5.41) is 10.2. The summed E-state index contributed by atoms with van der Waals surface area (Å²) in [7, 11) is 1.23. The second-order valence-corrected chi connectivity index (χ2v) is 4.93. The number of nitrogens with zero attached hydrogens (tertiary/aromatic N) is 1. The lowest BCUT2D eigenvalue weighted by atomic mass is 10.1. The van der Waals surface area contributed by atoms with Crippen molar-refractivity contribution in [3.8, 4) is 0 Å². The van der Waals surface area contributed by atoms with Gasteiger partial charge >= 0.3 is 12.1 Å². The van der Waals surface area contributed by atoms with Gasteiger partial charge in [0.25, 0.3) is 11.7 Å². The van der Waals surface area contributed by atoms with Gasteiger partial charge in [0.05, 0.1) is 5.69 Å². The highest BCUT2D eigenvalue weighted by Crippen LogP contribution is 2.26. The van der Waals surface area contributed by atoms with Crippen LogP contribution in [0.5, 0.6) is 0 Å². The van der Waals surface area contributed by atoms with E-state index in [4.69, 9.17) is 16.7 Å². The Bertz CT molecular complexity index is 652. The van der Waals surface area contributed by atoms with Gasteiger partial charge in [-0.1, -0.05) is 11.6 Å². The third-order valence-electron chi connectivity index (χ3n) is 3.04. The van der Waals surface area contributed by atoms with Crippen LogP contribution in [-0.4, -0.2) is 39.6 Å². The molecule has 6 nitrogen and oxygen atoms in total. The van der Waals surface area contributed by atoms with Gasteiger partial charge in [0.15, 0.2) is 0 Å². The Morgan fingerprint density at radius 2 is 1.82 bits per heavy atom. The van der Waals surface area contributed by atoms with Gasteiger partial charge in [0, 0.05) is 7.05 Å². The fraction of sp³-hybridized carbons (Fsp3) is 0.417. The van der Waals surface area contributed by atoms with Crippen molar-refractivity contribution in [3.63, 3.8) is 0 Å². The zero-order valence-electron chi connectivity index (χ0n) is 11.7. The molecule has 1 aromatic heterocycles. The predicted molar refractivity (Wildman–Crippen MR) is 70.1 cm³/mol. The number of carbonyl (C=O) groups is 3. The minimum absolute atomic E-state index is 0.0974. The maximum Gasteiger partial charge on any atom is 0.408 e. The van der Waals surface area contributed by atoms with E-state index >= 15 is 0 Å². The highest BCUT2D eigenvalue weighted by Gasteiger charge is 2.39. The number of carboxylic acids is 1. The third-order valence-corrected chi connectivity index (χ3v) is 3.48. The van der Waals surface area contributed by atoms with Crippen LogP contribution in [0.15, 0.2) is 0 Å². The Morgan fingerprint density at radius 1 is 1.32 bits per heavy atom. The fourth-order valence-electron chi connectivity index (χ4n) is 1.81. The number of aromatic nitrogens is 1. The van der Waals surface area contributed by atoms with E-state index in [0.29, 0.717) is 6.92 Å². The van der Waals surface area contributed by atoms with Crippen molar-refractivity contribution in [3.05, 3.63) is 22.0 Å². The molecule has 0 saturated heterocycles. The van der Waals surface area contributed by atoms with Crippen LogP contribution >= 0.6 is 11.6 Å². The minimum atomic E-state index is -4.71. The number of amides is 1. The monoisotopic (exact) mass is 340 g/mol. The van der Waals surface area contributed by atoms with Crippen LogP contribution in [0, 0.1) is 6.92 Å². The molecule has 1 atom stereocenters. The zero-order valence-corrected chi connectivity index (χ0v) is 12.5. The topological polar surface area (TPSA) is 88.4 Å². The molecule has 0 aliphatic heterocycles. The number of halogens is 4. The van der Waals surface area contributed by atoms with Crippen molar-refractivity contribution in [2.45, 2.75) is 26.1 Å². The van der Waals surface area contributed by atoms with Crippen LogP contribution < -0.4 is 5.32 Å². The molecule has 1 rings (SSSR count). The van der Waals surface area contributed by atoms with E-state index in [1.807, 2.05) is 0 Å². The highest BCUT2D eigenvalue weighted by molar-refractivity contribution is 6.44. The van der Waals surface area contributed by atoms with Crippen molar-refractivity contribution in [2.75, 3.05) is 0 Å². The summed E-state index contributed by atoms with van der Waals surface area (Å²) in [6.45, 7) is 1.92. The Hall–Kier alpha value is -2.03. The predicted octanol–water partition coefficient (Wildman–Crippen LogP) is 1.93. The smallest absolute Gasteiger partial charge is 0.408 e. The van der Waals surface area contributed by atoms with Crippen molar-refractivity contribution < 1.29 is 32.7 Å². The SMILES string of the molecule is Cc1c(C(=O)O)c(Cl)n(C)c1C(=O)C(=O)N[C@@H](C)C(F)(F)F. The van der Waals surface area contributed by atoms with E-state index in [-0.39, 0.29) is 22.0 Å². The summed E-state index contributed by atoms with van der Waals surface area (Å²) < 4.78 is 38.1. The lowest BCUT2D eigenvalue weighted by Gasteiger charge is -2.16. The third kappa shape index (κ3) is 3.24. The molecule has 0 spiro atoms. The van der Waals surface area contributed by atoms with Gasteiger partial charge < -0.3 is 15.0 Å². The molecule has 2 N–H and O–H groups in total. The van der Waals surface area contributed by atoms with Gasteiger partial charge in [-0.3, -0.25) is 9.59 Å². The molecule has 1 heterocycles. The lowest BCUT2D eigenvalue weighted by molar-refractivity contribution is -0.156. The van der Waals surface area contributed by atoms with Gasteiger partial charge in [-0.25, -0.2) is 4.79 Å². The first-order chi connectivity index (χ1) is 9.89. The summed E-state index contributed by atoms with van der Waals surface area (Å²) >= 11 is 5.76. The maximum atomic E-state index is 12.4. The minimum Gasteiger partial charge on any atom is -0.478 e. The van der Waals surface area contributed by atoms with Gasteiger partial charge in [0.2, 0.25) is 0 Å². The van der Waals surface area contributed by atoms with Crippen LogP contribution in [0.25, 0.3) is 0 Å². The van der Waals surface area contributed by atoms with Gasteiger partial charge in [-0.2, -0.15) is 13.2 Å². The molecule has 0 radical (unpaired) electrons. The van der Waals surface area contributed by atoms with Gasteiger partial charge in [-0.05, 0) is 19.4 Å². The normalized spacial score (nSPS) is 12.9. The molecule has 0 fully saturated rings. The number of hydrogen-bond donors (Lipinski definition) is 2. The number of nitrogens with one attached hydrogen (secondary N) is 1. The second kappa shape index (κ2) is 5.99. The molecule has 122 valence electrons. The van der Waals surface area contributed by atoms with Crippen molar-refractivity contribution in [1.29, 1.82) is 0 Å². The first-order valence-corrected chi connectivity index (χ1v) is 6.27. The van der Waals surface area contributed by atoms with E-state index in [2.05, 4.69) is 0 Å². The van der Waals surface area contributed by atoms with E-state index in [1.54, 1.807) is 0 Å². The van der Waals surface area contributed by atoms with Crippen LogP contribution in [0.4, 0.5) is 13.2 Å². The van der Waals surface area contributed by atoms with Crippen molar-refractivity contribution in [2.24, 2.45) is 7.05 Å². The number of carboxylic acid groups (broad SMARTS) is 1. The molecule has 22 heavy (non-hydrogen) atoms. The number of rotatable bonds is 4. The Balaban J connectivity index is 3.17. The first kappa shape index (κ1) is 18.0. The van der Waals surface area contributed by atoms with Crippen molar-refractivity contribution in [1.82, 2.24) is 9.88 Å². The van der Waals surface area contributed by atoms with E-state index in [9.17, 15) is 27.6 Å². The number of hydrogen-bond acceptors (Lipinski definition) is 3. The average molecular weight is 341 g/mol. The number of alkyl halides is 3. The Morgan fingerprint density at radius 3 is 2.18 bits per heavy atom. The molecule has 0 unspecified atom stereocenters. The molecular formula is C12H12ClF3N2O4. The molecule has 0 aliphatic rings. The molecule has 1 amide bonds. The molecular weight excluding hydrogens is 329 g/mol. The van der Waals surface area contributed by atoms with E-state index in [1.165, 1.54) is 19.3 Å². The molecule has 10 heteroatoms. The largest absolute Gasteiger partial charge is 0.478 e. The highest BCUT2D eigenvalue weighted by atomic mass is 35.5. The van der Waals surface area contributed by atoms with Crippen LogP contribution in [0.2, 0.25) is 5.15 Å². The molecule has 0 saturated carbocycles. The fourth-order valence-corrected chi connectivity index (χ4v) is 2.12. The standard InChI is InChI=1S/C12H12ClF3N2O4/c1-4-6(11(21)22)9(13)18(3)7(4)8(19)10(20)17-5(2)12(14,15)16/h5H,1-3H3,(H,17,20)(H,21,22)/t5-/m0/s1. The summed E-state index contributed by atoms with van der Waals surface area (Å²) in [6.07, 6.45) is -4.71. The van der Waals surface area contributed by atoms with E-state index in [0.717, 1.165) is 4.57 Å². The van der Waals surface area contributed by atoms with Gasteiger partial charge in [0.1, 0.15) is 16.8 Å². The summed E-state index contributed by atoms with van der Waals surface area (Å²) in [6, 6.07) is -2.22. The molecule has 0 bridgehead atoms. The zero-order chi connectivity index (χ0) is 17.4. The number of aromatic carboxylic acids is 1.